The summed E-state index contributed by atoms with van der Waals surface area (Å²) in [6, 6.07) is 14.9. The fraction of sp³-hybridized carbons (Fsp3) is 0.176. The molecule has 0 N–H and O–H groups in total. The molecular weight excluding hydrogens is 425 g/mol. The summed E-state index contributed by atoms with van der Waals surface area (Å²) in [4.78, 5) is 27.2. The molecule has 0 radical (unpaired) electrons. The van der Waals surface area contributed by atoms with Crippen molar-refractivity contribution in [3.8, 4) is 0 Å². The molecule has 6 heteroatoms. The highest BCUT2D eigenvalue weighted by Crippen LogP contribution is 2.34. The lowest BCUT2D eigenvalue weighted by Gasteiger charge is -2.28. The van der Waals surface area contributed by atoms with E-state index in [0.717, 1.165) is 19.9 Å². The zero-order valence-electron chi connectivity index (χ0n) is 12.2. The summed E-state index contributed by atoms with van der Waals surface area (Å²) in [5.74, 6) is 0.168. The average Bonchev–Trinajstić information content (AvgIpc) is 2.59. The van der Waals surface area contributed by atoms with E-state index in [1.54, 1.807) is 34.9 Å². The summed E-state index contributed by atoms with van der Waals surface area (Å²) in [6.07, 6.45) is 0. The number of benzene rings is 2. The highest BCUT2D eigenvalue weighted by molar-refractivity contribution is 14.1. The van der Waals surface area contributed by atoms with Crippen molar-refractivity contribution in [1.82, 2.24) is 0 Å². The lowest BCUT2D eigenvalue weighted by molar-refractivity contribution is -0.121. The molecule has 3 rings (SSSR count). The van der Waals surface area contributed by atoms with Gasteiger partial charge in [0.25, 0.3) is 5.91 Å². The molecule has 0 aliphatic carbocycles. The van der Waals surface area contributed by atoms with Crippen LogP contribution in [0.3, 0.4) is 0 Å². The minimum absolute atomic E-state index is 0.197. The van der Waals surface area contributed by atoms with Crippen LogP contribution in [0.25, 0.3) is 0 Å². The first-order valence-corrected chi connectivity index (χ1v) is 9.16. The van der Waals surface area contributed by atoms with Crippen LogP contribution in [0.15, 0.2) is 53.4 Å². The molecule has 23 heavy (non-hydrogen) atoms. The van der Waals surface area contributed by atoms with Crippen LogP contribution in [0.1, 0.15) is 10.4 Å². The largest absolute Gasteiger partial charge is 0.452 e. The van der Waals surface area contributed by atoms with E-state index in [2.05, 4.69) is 22.6 Å². The molecule has 118 valence electrons. The third kappa shape index (κ3) is 3.87. The second-order valence-corrected chi connectivity index (χ2v) is 7.33. The molecule has 1 heterocycles. The Labute approximate surface area is 152 Å². The van der Waals surface area contributed by atoms with Crippen LogP contribution in [0.5, 0.6) is 0 Å². The summed E-state index contributed by atoms with van der Waals surface area (Å²) in [7, 11) is 0. The normalized spacial score (nSPS) is 13.3. The van der Waals surface area contributed by atoms with Crippen molar-refractivity contribution in [2.45, 2.75) is 4.90 Å². The minimum atomic E-state index is -0.475. The third-order valence-electron chi connectivity index (χ3n) is 3.42. The topological polar surface area (TPSA) is 46.6 Å². The molecule has 0 aromatic heterocycles. The maximum absolute atomic E-state index is 12.4. The van der Waals surface area contributed by atoms with E-state index in [-0.39, 0.29) is 12.5 Å². The standard InChI is InChI=1S/C17H14INO3S/c18-13-5-3-4-12(10-13)17(21)22-11-16(20)19-8-9-23-15-7-2-1-6-14(15)19/h1-7,10H,8-9,11H2. The van der Waals surface area contributed by atoms with Crippen molar-refractivity contribution in [3.05, 3.63) is 57.7 Å². The molecule has 0 atom stereocenters. The molecule has 0 fully saturated rings. The molecule has 0 saturated carbocycles. The number of para-hydroxylation sites is 1. The Morgan fingerprint density at radius 1 is 1.17 bits per heavy atom. The number of hydrogen-bond acceptors (Lipinski definition) is 4. The number of fused-ring (bicyclic) bond motifs is 1. The Balaban J connectivity index is 1.65. The van der Waals surface area contributed by atoms with Gasteiger partial charge in [-0.1, -0.05) is 18.2 Å². The average molecular weight is 439 g/mol. The van der Waals surface area contributed by atoms with Gasteiger partial charge >= 0.3 is 5.97 Å². The molecule has 2 aromatic carbocycles. The summed E-state index contributed by atoms with van der Waals surface area (Å²) < 4.78 is 6.12. The first kappa shape index (κ1) is 16.3. The molecule has 1 amide bonds. The zero-order chi connectivity index (χ0) is 16.2. The minimum Gasteiger partial charge on any atom is -0.452 e. The number of esters is 1. The fourth-order valence-corrected chi connectivity index (χ4v) is 3.87. The number of anilines is 1. The number of hydrogen-bond donors (Lipinski definition) is 0. The summed E-state index contributed by atoms with van der Waals surface area (Å²) in [6.45, 7) is 0.380. The van der Waals surface area contributed by atoms with Gasteiger partial charge in [0.2, 0.25) is 0 Å². The van der Waals surface area contributed by atoms with Crippen LogP contribution in [-0.2, 0) is 9.53 Å². The van der Waals surface area contributed by atoms with Crippen LogP contribution in [-0.4, -0.2) is 30.8 Å². The molecule has 0 unspecified atom stereocenters. The van der Waals surface area contributed by atoms with Gasteiger partial charge in [0.15, 0.2) is 6.61 Å². The molecule has 1 aliphatic rings. The van der Waals surface area contributed by atoms with E-state index in [1.807, 2.05) is 30.3 Å². The Morgan fingerprint density at radius 3 is 2.83 bits per heavy atom. The second kappa shape index (κ2) is 7.35. The van der Waals surface area contributed by atoms with Crippen LogP contribution >= 0.6 is 34.4 Å². The fourth-order valence-electron chi connectivity index (χ4n) is 2.33. The van der Waals surface area contributed by atoms with Gasteiger partial charge in [-0.3, -0.25) is 4.79 Å². The van der Waals surface area contributed by atoms with E-state index >= 15 is 0 Å². The van der Waals surface area contributed by atoms with Crippen LogP contribution in [0, 0.1) is 3.57 Å². The maximum Gasteiger partial charge on any atom is 0.338 e. The third-order valence-corrected chi connectivity index (χ3v) is 5.13. The molecular formula is C17H14INO3S. The number of ether oxygens (including phenoxy) is 1. The second-order valence-electron chi connectivity index (χ2n) is 4.95. The predicted molar refractivity (Wildman–Crippen MR) is 99.0 cm³/mol. The van der Waals surface area contributed by atoms with E-state index in [9.17, 15) is 9.59 Å². The van der Waals surface area contributed by atoms with Crippen molar-refractivity contribution in [2.24, 2.45) is 0 Å². The van der Waals surface area contributed by atoms with Gasteiger partial charge in [0.1, 0.15) is 0 Å². The quantitative estimate of drug-likeness (QED) is 0.542. The van der Waals surface area contributed by atoms with Crippen molar-refractivity contribution in [1.29, 1.82) is 0 Å². The van der Waals surface area contributed by atoms with Crippen molar-refractivity contribution in [2.75, 3.05) is 23.8 Å². The van der Waals surface area contributed by atoms with Gasteiger partial charge < -0.3 is 9.64 Å². The summed E-state index contributed by atoms with van der Waals surface area (Å²) >= 11 is 3.86. The lowest BCUT2D eigenvalue weighted by Crippen LogP contribution is -2.38. The number of nitrogens with zero attached hydrogens (tertiary/aromatic N) is 1. The SMILES string of the molecule is O=C(OCC(=O)N1CCSc2ccccc21)c1cccc(I)c1. The monoisotopic (exact) mass is 439 g/mol. The molecule has 0 bridgehead atoms. The molecule has 2 aromatic rings. The number of carbonyl (C=O) groups is 2. The van der Waals surface area contributed by atoms with Gasteiger partial charge in [-0.15, -0.1) is 11.8 Å². The van der Waals surface area contributed by atoms with Gasteiger partial charge in [-0.2, -0.15) is 0 Å². The van der Waals surface area contributed by atoms with Crippen molar-refractivity contribution in [3.63, 3.8) is 0 Å². The number of amides is 1. The maximum atomic E-state index is 12.4. The predicted octanol–water partition coefficient (Wildman–Crippen LogP) is 3.59. The first-order valence-electron chi connectivity index (χ1n) is 7.10. The van der Waals surface area contributed by atoms with Gasteiger partial charge in [0, 0.05) is 20.8 Å². The first-order chi connectivity index (χ1) is 11.1. The number of carbonyl (C=O) groups excluding carboxylic acids is 2. The van der Waals surface area contributed by atoms with E-state index in [4.69, 9.17) is 4.74 Å². The van der Waals surface area contributed by atoms with Crippen LogP contribution in [0.4, 0.5) is 5.69 Å². The van der Waals surface area contributed by atoms with Crippen molar-refractivity contribution >= 4 is 51.9 Å². The highest BCUT2D eigenvalue weighted by Gasteiger charge is 2.23. The highest BCUT2D eigenvalue weighted by atomic mass is 127. The summed E-state index contributed by atoms with van der Waals surface area (Å²) in [5.41, 5.74) is 1.35. The van der Waals surface area contributed by atoms with E-state index < -0.39 is 5.97 Å². The number of halogens is 1. The zero-order valence-corrected chi connectivity index (χ0v) is 15.2. The van der Waals surface area contributed by atoms with Gasteiger partial charge in [0.05, 0.1) is 11.3 Å². The van der Waals surface area contributed by atoms with Crippen LogP contribution < -0.4 is 4.90 Å². The van der Waals surface area contributed by atoms with E-state index in [1.165, 1.54) is 0 Å². The molecule has 1 aliphatic heterocycles. The smallest absolute Gasteiger partial charge is 0.338 e. The lowest BCUT2D eigenvalue weighted by atomic mass is 10.2. The van der Waals surface area contributed by atoms with Crippen LogP contribution in [0.2, 0.25) is 0 Å². The summed E-state index contributed by atoms with van der Waals surface area (Å²) in [5, 5.41) is 0. The molecule has 0 saturated heterocycles. The van der Waals surface area contributed by atoms with Crippen molar-refractivity contribution < 1.29 is 14.3 Å². The Morgan fingerprint density at radius 2 is 2.00 bits per heavy atom. The molecule has 4 nitrogen and oxygen atoms in total. The molecule has 0 spiro atoms. The number of thioether (sulfide) groups is 1. The van der Waals surface area contributed by atoms with Gasteiger partial charge in [-0.25, -0.2) is 4.79 Å². The Bertz CT molecular complexity index is 750. The Hall–Kier alpha value is -1.54. The number of rotatable bonds is 3. The Kier molecular flexibility index (Phi) is 5.22. The van der Waals surface area contributed by atoms with Gasteiger partial charge in [-0.05, 0) is 52.9 Å². The van der Waals surface area contributed by atoms with E-state index in [0.29, 0.717) is 12.1 Å².